The second-order valence-corrected chi connectivity index (χ2v) is 7.21. The van der Waals surface area contributed by atoms with Crippen LogP contribution in [0.3, 0.4) is 0 Å². The minimum absolute atomic E-state index is 0.155. The topological polar surface area (TPSA) is 32.7 Å². The lowest BCUT2D eigenvalue weighted by molar-refractivity contribution is 0.0711. The molecule has 0 saturated heterocycles. The molecule has 0 spiro atoms. The fraction of sp³-hybridized carbons (Fsp3) is 0.0909. The minimum Gasteiger partial charge on any atom is -0.267 e. The number of halogens is 2. The van der Waals surface area contributed by atoms with E-state index in [1.807, 2.05) is 54.6 Å². The molecule has 1 aliphatic heterocycles. The van der Waals surface area contributed by atoms with E-state index in [0.717, 1.165) is 16.8 Å². The van der Waals surface area contributed by atoms with E-state index >= 15 is 0 Å². The van der Waals surface area contributed by atoms with Crippen molar-refractivity contribution in [3.8, 4) is 0 Å². The van der Waals surface area contributed by atoms with Crippen LogP contribution in [0.5, 0.6) is 0 Å². The third-order valence-electron chi connectivity index (χ3n) is 4.57. The van der Waals surface area contributed by atoms with Crippen LogP contribution in [0.2, 0.25) is 10.0 Å². The van der Waals surface area contributed by atoms with Gasteiger partial charge in [-0.25, -0.2) is 5.01 Å². The van der Waals surface area contributed by atoms with Crippen molar-refractivity contribution in [2.45, 2.75) is 12.5 Å². The second kappa shape index (κ2) is 7.55. The molecule has 1 aliphatic rings. The van der Waals surface area contributed by atoms with Crippen molar-refractivity contribution in [2.24, 2.45) is 5.10 Å². The Kier molecular flexibility index (Phi) is 4.97. The van der Waals surface area contributed by atoms with Crippen molar-refractivity contribution in [1.29, 1.82) is 0 Å². The number of amides is 1. The summed E-state index contributed by atoms with van der Waals surface area (Å²) < 4.78 is 0. The lowest BCUT2D eigenvalue weighted by atomic mass is 9.98. The van der Waals surface area contributed by atoms with E-state index in [4.69, 9.17) is 23.2 Å². The Morgan fingerprint density at radius 1 is 0.852 bits per heavy atom. The predicted octanol–water partition coefficient (Wildman–Crippen LogP) is 5.98. The van der Waals surface area contributed by atoms with E-state index in [0.29, 0.717) is 22.0 Å². The monoisotopic (exact) mass is 394 g/mol. The zero-order chi connectivity index (χ0) is 18.8. The van der Waals surface area contributed by atoms with Crippen LogP contribution in [-0.2, 0) is 0 Å². The van der Waals surface area contributed by atoms with Crippen LogP contribution < -0.4 is 0 Å². The van der Waals surface area contributed by atoms with E-state index in [1.165, 1.54) is 0 Å². The first-order chi connectivity index (χ1) is 13.1. The first-order valence-corrected chi connectivity index (χ1v) is 9.35. The van der Waals surface area contributed by atoms with Crippen molar-refractivity contribution in [1.82, 2.24) is 5.01 Å². The summed E-state index contributed by atoms with van der Waals surface area (Å²) in [4.78, 5) is 13.1. The van der Waals surface area contributed by atoms with Gasteiger partial charge in [-0.1, -0.05) is 65.7 Å². The van der Waals surface area contributed by atoms with E-state index < -0.39 is 0 Å². The Labute approximate surface area is 167 Å². The third kappa shape index (κ3) is 3.75. The average Bonchev–Trinajstić information content (AvgIpc) is 3.15. The SMILES string of the molecule is O=C(c1ccc(Cl)cc1)N1N=C(c2ccccc2)C[C@H]1c1ccc(Cl)cc1. The summed E-state index contributed by atoms with van der Waals surface area (Å²) in [7, 11) is 0. The lowest BCUT2D eigenvalue weighted by Crippen LogP contribution is -2.27. The van der Waals surface area contributed by atoms with E-state index in [2.05, 4.69) is 5.10 Å². The number of carbonyl (C=O) groups excluding carboxylic acids is 1. The second-order valence-electron chi connectivity index (χ2n) is 6.34. The molecule has 0 aliphatic carbocycles. The predicted molar refractivity (Wildman–Crippen MR) is 109 cm³/mol. The number of carbonyl (C=O) groups is 1. The van der Waals surface area contributed by atoms with Crippen LogP contribution >= 0.6 is 23.2 Å². The van der Waals surface area contributed by atoms with Crippen molar-refractivity contribution >= 4 is 34.8 Å². The zero-order valence-electron chi connectivity index (χ0n) is 14.3. The van der Waals surface area contributed by atoms with Gasteiger partial charge in [-0.05, 0) is 47.5 Å². The fourth-order valence-corrected chi connectivity index (χ4v) is 3.42. The Balaban J connectivity index is 1.72. The van der Waals surface area contributed by atoms with E-state index in [9.17, 15) is 4.79 Å². The third-order valence-corrected chi connectivity index (χ3v) is 5.08. The Morgan fingerprint density at radius 3 is 2.07 bits per heavy atom. The highest BCUT2D eigenvalue weighted by atomic mass is 35.5. The van der Waals surface area contributed by atoms with Gasteiger partial charge in [0.05, 0.1) is 11.8 Å². The molecular weight excluding hydrogens is 379 g/mol. The van der Waals surface area contributed by atoms with Gasteiger partial charge in [-0.2, -0.15) is 5.10 Å². The van der Waals surface area contributed by atoms with Gasteiger partial charge in [0.15, 0.2) is 0 Å². The van der Waals surface area contributed by atoms with Crippen LogP contribution in [0.1, 0.15) is 33.9 Å². The molecule has 3 aromatic rings. The van der Waals surface area contributed by atoms with E-state index in [-0.39, 0.29) is 11.9 Å². The highest BCUT2D eigenvalue weighted by Gasteiger charge is 2.33. The molecule has 0 fully saturated rings. The Hall–Kier alpha value is -2.62. The highest BCUT2D eigenvalue weighted by molar-refractivity contribution is 6.30. The van der Waals surface area contributed by atoms with Gasteiger partial charge in [0.1, 0.15) is 0 Å². The van der Waals surface area contributed by atoms with Crippen molar-refractivity contribution in [2.75, 3.05) is 0 Å². The maximum atomic E-state index is 13.1. The van der Waals surface area contributed by atoms with Gasteiger partial charge >= 0.3 is 0 Å². The molecule has 0 N–H and O–H groups in total. The van der Waals surface area contributed by atoms with Gasteiger partial charge < -0.3 is 0 Å². The normalized spacial score (nSPS) is 16.3. The van der Waals surface area contributed by atoms with Crippen molar-refractivity contribution in [3.05, 3.63) is 106 Å². The van der Waals surface area contributed by atoms with Gasteiger partial charge in [0.25, 0.3) is 5.91 Å². The molecule has 5 heteroatoms. The highest BCUT2D eigenvalue weighted by Crippen LogP contribution is 2.34. The Bertz CT molecular complexity index is 983. The number of nitrogens with zero attached hydrogens (tertiary/aromatic N) is 2. The van der Waals surface area contributed by atoms with Crippen LogP contribution in [0.4, 0.5) is 0 Å². The van der Waals surface area contributed by atoms with Gasteiger partial charge in [0, 0.05) is 22.0 Å². The lowest BCUT2D eigenvalue weighted by Gasteiger charge is -2.22. The average molecular weight is 395 g/mol. The van der Waals surface area contributed by atoms with Crippen molar-refractivity contribution < 1.29 is 4.79 Å². The fourth-order valence-electron chi connectivity index (χ4n) is 3.17. The number of rotatable bonds is 3. The van der Waals surface area contributed by atoms with Gasteiger partial charge in [-0.3, -0.25) is 4.79 Å². The molecule has 0 radical (unpaired) electrons. The summed E-state index contributed by atoms with van der Waals surface area (Å²) in [6.07, 6.45) is 0.644. The van der Waals surface area contributed by atoms with Crippen LogP contribution in [0.15, 0.2) is 84.0 Å². The maximum Gasteiger partial charge on any atom is 0.274 e. The number of benzene rings is 3. The summed E-state index contributed by atoms with van der Waals surface area (Å²) in [6.45, 7) is 0. The van der Waals surface area contributed by atoms with Crippen LogP contribution in [0, 0.1) is 0 Å². The van der Waals surface area contributed by atoms with E-state index in [1.54, 1.807) is 29.3 Å². The molecule has 4 rings (SSSR count). The summed E-state index contributed by atoms with van der Waals surface area (Å²) in [6, 6.07) is 24.2. The molecule has 3 aromatic carbocycles. The summed E-state index contributed by atoms with van der Waals surface area (Å²) >= 11 is 12.0. The van der Waals surface area contributed by atoms with Gasteiger partial charge in [0.2, 0.25) is 0 Å². The molecule has 1 atom stereocenters. The molecule has 134 valence electrons. The Morgan fingerprint density at radius 2 is 1.44 bits per heavy atom. The number of hydrazone groups is 1. The summed E-state index contributed by atoms with van der Waals surface area (Å²) in [5, 5.41) is 7.49. The molecule has 27 heavy (non-hydrogen) atoms. The van der Waals surface area contributed by atoms with Crippen LogP contribution in [-0.4, -0.2) is 16.6 Å². The molecular formula is C22H16Cl2N2O. The zero-order valence-corrected chi connectivity index (χ0v) is 15.9. The van der Waals surface area contributed by atoms with Crippen molar-refractivity contribution in [3.63, 3.8) is 0 Å². The first kappa shape index (κ1) is 17.8. The first-order valence-electron chi connectivity index (χ1n) is 8.59. The molecule has 3 nitrogen and oxygen atoms in total. The van der Waals surface area contributed by atoms with Crippen LogP contribution in [0.25, 0.3) is 0 Å². The molecule has 1 amide bonds. The molecule has 0 bridgehead atoms. The maximum absolute atomic E-state index is 13.1. The standard InChI is InChI=1S/C22H16Cl2N2O/c23-18-10-6-16(7-11-18)21-14-20(15-4-2-1-3-5-15)25-26(21)22(27)17-8-12-19(24)13-9-17/h1-13,21H,14H2/t21-/m0/s1. The largest absolute Gasteiger partial charge is 0.274 e. The summed E-state index contributed by atoms with van der Waals surface area (Å²) in [5.41, 5.74) is 3.45. The smallest absolute Gasteiger partial charge is 0.267 e. The quantitative estimate of drug-likeness (QED) is 0.537. The number of hydrogen-bond acceptors (Lipinski definition) is 2. The molecule has 0 unspecified atom stereocenters. The molecule has 0 aromatic heterocycles. The number of hydrogen-bond donors (Lipinski definition) is 0. The summed E-state index contributed by atoms with van der Waals surface area (Å²) in [5.74, 6) is -0.155. The van der Waals surface area contributed by atoms with Gasteiger partial charge in [-0.15, -0.1) is 0 Å². The molecule has 1 heterocycles. The molecule has 0 saturated carbocycles. The minimum atomic E-state index is -0.180.